The molecule has 1 atom stereocenters. The smallest absolute Gasteiger partial charge is 0.221 e. The molecule has 3 N–H and O–H groups in total. The molecule has 0 aromatic heterocycles. The van der Waals surface area contributed by atoms with Crippen LogP contribution >= 0.6 is 0 Å². The first kappa shape index (κ1) is 19.8. The lowest BCUT2D eigenvalue weighted by Gasteiger charge is -2.13. The first-order chi connectivity index (χ1) is 11.2. The largest absolute Gasteiger partial charge is 0.357 e. The van der Waals surface area contributed by atoms with Crippen molar-refractivity contribution in [1.82, 2.24) is 16.0 Å². The summed E-state index contributed by atoms with van der Waals surface area (Å²) in [5.74, 6) is 1.86. The molecule has 1 rings (SSSR count). The van der Waals surface area contributed by atoms with Gasteiger partial charge in [-0.25, -0.2) is 0 Å². The van der Waals surface area contributed by atoms with E-state index in [0.717, 1.165) is 37.8 Å². The third kappa shape index (κ3) is 9.47. The quantitative estimate of drug-likeness (QED) is 0.329. The van der Waals surface area contributed by atoms with Crippen molar-refractivity contribution in [3.63, 3.8) is 0 Å². The Labute approximate surface area is 142 Å². The van der Waals surface area contributed by atoms with Gasteiger partial charge in [0.15, 0.2) is 5.96 Å². The third-order valence-corrected chi connectivity index (χ3v) is 4.52. The minimum Gasteiger partial charge on any atom is -0.357 e. The number of carbonyl (C=O) groups excluding carboxylic acids is 1. The zero-order valence-corrected chi connectivity index (χ0v) is 15.3. The Balaban J connectivity index is 2.19. The maximum absolute atomic E-state index is 11.7. The summed E-state index contributed by atoms with van der Waals surface area (Å²) in [5.41, 5.74) is 0. The lowest BCUT2D eigenvalue weighted by Crippen LogP contribution is -2.40. The van der Waals surface area contributed by atoms with E-state index in [1.807, 2.05) is 6.92 Å². The molecule has 0 heterocycles. The van der Waals surface area contributed by atoms with E-state index in [0.29, 0.717) is 13.0 Å². The molecule has 1 amide bonds. The topological polar surface area (TPSA) is 65.5 Å². The van der Waals surface area contributed by atoms with Crippen molar-refractivity contribution >= 4 is 11.9 Å². The molecule has 1 aliphatic carbocycles. The predicted molar refractivity (Wildman–Crippen MR) is 97.7 cm³/mol. The minimum absolute atomic E-state index is 0.101. The molecule has 1 unspecified atom stereocenters. The standard InChI is InChI=1S/C18H36N4O/c1-4-15(3)22-17(23)12-14-21-18(19-5-2)20-13-8-11-16-9-6-7-10-16/h15-16H,4-14H2,1-3H3,(H,22,23)(H2,19,20,21). The second kappa shape index (κ2) is 12.2. The molecule has 5 nitrogen and oxygen atoms in total. The van der Waals surface area contributed by atoms with Crippen LogP contribution in [0.1, 0.15) is 72.1 Å². The molecule has 1 fully saturated rings. The third-order valence-electron chi connectivity index (χ3n) is 4.52. The van der Waals surface area contributed by atoms with Gasteiger partial charge < -0.3 is 16.0 Å². The number of hydrogen-bond donors (Lipinski definition) is 3. The molecular formula is C18H36N4O. The van der Waals surface area contributed by atoms with Crippen molar-refractivity contribution in [2.75, 3.05) is 19.6 Å². The van der Waals surface area contributed by atoms with Gasteiger partial charge in [0.2, 0.25) is 5.91 Å². The molecule has 134 valence electrons. The number of carbonyl (C=O) groups is 1. The van der Waals surface area contributed by atoms with Gasteiger partial charge in [0.25, 0.3) is 0 Å². The molecule has 0 radical (unpaired) electrons. The van der Waals surface area contributed by atoms with E-state index in [4.69, 9.17) is 0 Å². The van der Waals surface area contributed by atoms with Gasteiger partial charge in [-0.15, -0.1) is 0 Å². The van der Waals surface area contributed by atoms with Gasteiger partial charge >= 0.3 is 0 Å². The Hall–Kier alpha value is -1.26. The maximum atomic E-state index is 11.7. The van der Waals surface area contributed by atoms with E-state index in [9.17, 15) is 4.79 Å². The molecular weight excluding hydrogens is 288 g/mol. The van der Waals surface area contributed by atoms with Crippen LogP contribution in [0, 0.1) is 5.92 Å². The first-order valence-corrected chi connectivity index (χ1v) is 9.47. The van der Waals surface area contributed by atoms with Gasteiger partial charge in [-0.05, 0) is 39.0 Å². The molecule has 0 spiro atoms. The molecule has 0 aromatic carbocycles. The summed E-state index contributed by atoms with van der Waals surface area (Å²) < 4.78 is 0. The minimum atomic E-state index is 0.101. The summed E-state index contributed by atoms with van der Waals surface area (Å²) in [6.45, 7) is 8.49. The van der Waals surface area contributed by atoms with Crippen LogP contribution in [-0.4, -0.2) is 37.5 Å². The van der Waals surface area contributed by atoms with Gasteiger partial charge in [0.05, 0.1) is 0 Å². The SMILES string of the molecule is CCNC(=NCCCC1CCCC1)NCCC(=O)NC(C)CC. The highest BCUT2D eigenvalue weighted by atomic mass is 16.1. The summed E-state index contributed by atoms with van der Waals surface area (Å²) >= 11 is 0. The highest BCUT2D eigenvalue weighted by Crippen LogP contribution is 2.28. The van der Waals surface area contributed by atoms with Crippen LogP contribution in [0.5, 0.6) is 0 Å². The molecule has 23 heavy (non-hydrogen) atoms. The first-order valence-electron chi connectivity index (χ1n) is 9.47. The lowest BCUT2D eigenvalue weighted by atomic mass is 10.0. The van der Waals surface area contributed by atoms with Crippen molar-refractivity contribution in [2.45, 2.75) is 78.2 Å². The van der Waals surface area contributed by atoms with Gasteiger partial charge in [-0.1, -0.05) is 32.6 Å². The average molecular weight is 325 g/mol. The van der Waals surface area contributed by atoms with Crippen LogP contribution in [0.2, 0.25) is 0 Å². The number of nitrogens with one attached hydrogen (secondary N) is 3. The second-order valence-corrected chi connectivity index (χ2v) is 6.61. The van der Waals surface area contributed by atoms with E-state index < -0.39 is 0 Å². The van der Waals surface area contributed by atoms with E-state index in [1.54, 1.807) is 0 Å². The van der Waals surface area contributed by atoms with Crippen molar-refractivity contribution in [3.8, 4) is 0 Å². The zero-order valence-electron chi connectivity index (χ0n) is 15.3. The molecule has 1 aliphatic rings. The van der Waals surface area contributed by atoms with Gasteiger partial charge in [0.1, 0.15) is 0 Å². The van der Waals surface area contributed by atoms with Crippen LogP contribution in [0.25, 0.3) is 0 Å². The lowest BCUT2D eigenvalue weighted by molar-refractivity contribution is -0.121. The van der Waals surface area contributed by atoms with E-state index in [1.165, 1.54) is 32.1 Å². The van der Waals surface area contributed by atoms with E-state index in [2.05, 4.69) is 34.8 Å². The van der Waals surface area contributed by atoms with Crippen LogP contribution < -0.4 is 16.0 Å². The van der Waals surface area contributed by atoms with Gasteiger partial charge in [-0.3, -0.25) is 9.79 Å². The van der Waals surface area contributed by atoms with Crippen LogP contribution in [-0.2, 0) is 4.79 Å². The second-order valence-electron chi connectivity index (χ2n) is 6.61. The molecule has 0 saturated heterocycles. The Bertz CT molecular complexity index is 351. The molecule has 0 bridgehead atoms. The fraction of sp³-hybridized carbons (Fsp3) is 0.889. The zero-order chi connectivity index (χ0) is 16.9. The summed E-state index contributed by atoms with van der Waals surface area (Å²) in [5, 5.41) is 9.47. The summed E-state index contributed by atoms with van der Waals surface area (Å²) in [6.07, 6.45) is 9.56. The fourth-order valence-corrected chi connectivity index (χ4v) is 2.96. The number of rotatable bonds is 10. The number of amides is 1. The normalized spacial score (nSPS) is 17.1. The fourth-order valence-electron chi connectivity index (χ4n) is 2.96. The number of guanidine groups is 1. The predicted octanol–water partition coefficient (Wildman–Crippen LogP) is 2.82. The number of hydrogen-bond acceptors (Lipinski definition) is 2. The molecule has 1 saturated carbocycles. The van der Waals surface area contributed by atoms with E-state index >= 15 is 0 Å². The van der Waals surface area contributed by atoms with Crippen molar-refractivity contribution in [3.05, 3.63) is 0 Å². The van der Waals surface area contributed by atoms with Gasteiger partial charge in [-0.2, -0.15) is 0 Å². The molecule has 0 aromatic rings. The Morgan fingerprint density at radius 2 is 1.96 bits per heavy atom. The van der Waals surface area contributed by atoms with Crippen LogP contribution in [0.15, 0.2) is 4.99 Å². The van der Waals surface area contributed by atoms with E-state index in [-0.39, 0.29) is 11.9 Å². The number of aliphatic imine (C=N–C) groups is 1. The average Bonchev–Trinajstić information content (AvgIpc) is 3.04. The Kier molecular flexibility index (Phi) is 10.5. The molecule has 5 heteroatoms. The van der Waals surface area contributed by atoms with Crippen molar-refractivity contribution in [1.29, 1.82) is 0 Å². The van der Waals surface area contributed by atoms with Crippen molar-refractivity contribution < 1.29 is 4.79 Å². The highest BCUT2D eigenvalue weighted by Gasteiger charge is 2.13. The Morgan fingerprint density at radius 3 is 2.61 bits per heavy atom. The van der Waals surface area contributed by atoms with Crippen LogP contribution in [0.4, 0.5) is 0 Å². The molecule has 0 aliphatic heterocycles. The monoisotopic (exact) mass is 324 g/mol. The van der Waals surface area contributed by atoms with Crippen molar-refractivity contribution in [2.24, 2.45) is 10.9 Å². The Morgan fingerprint density at radius 1 is 1.22 bits per heavy atom. The van der Waals surface area contributed by atoms with Gasteiger partial charge in [0, 0.05) is 32.1 Å². The van der Waals surface area contributed by atoms with Crippen LogP contribution in [0.3, 0.4) is 0 Å². The summed E-state index contributed by atoms with van der Waals surface area (Å²) in [4.78, 5) is 16.4. The maximum Gasteiger partial charge on any atom is 0.221 e. The number of nitrogens with zero attached hydrogens (tertiary/aromatic N) is 1. The summed E-state index contributed by atoms with van der Waals surface area (Å²) in [7, 11) is 0. The highest BCUT2D eigenvalue weighted by molar-refractivity contribution is 5.81. The summed E-state index contributed by atoms with van der Waals surface area (Å²) in [6, 6.07) is 0.250.